The zero-order valence-electron chi connectivity index (χ0n) is 17.5. The summed E-state index contributed by atoms with van der Waals surface area (Å²) in [7, 11) is 0. The van der Waals surface area contributed by atoms with E-state index in [1.807, 2.05) is 36.4 Å². The molecule has 3 aromatic carbocycles. The molecule has 1 fully saturated rings. The van der Waals surface area contributed by atoms with E-state index in [1.54, 1.807) is 0 Å². The van der Waals surface area contributed by atoms with Gasteiger partial charge in [-0.3, -0.25) is 0 Å². The van der Waals surface area contributed by atoms with Gasteiger partial charge in [0.25, 0.3) is 0 Å². The number of piperidine rings is 1. The van der Waals surface area contributed by atoms with E-state index in [0.717, 1.165) is 42.6 Å². The SMILES string of the molecule is CC(OCC1(c2ccccc2)CCNCC1)c1cc(C#N)ccc1-c1ccccc1. The van der Waals surface area contributed by atoms with Gasteiger partial charge in [-0.25, -0.2) is 0 Å². The van der Waals surface area contributed by atoms with Gasteiger partial charge in [0.1, 0.15) is 0 Å². The highest BCUT2D eigenvalue weighted by molar-refractivity contribution is 5.69. The molecule has 1 N–H and O–H groups in total. The second-order valence-corrected chi connectivity index (χ2v) is 8.13. The van der Waals surface area contributed by atoms with Gasteiger partial charge >= 0.3 is 0 Å². The summed E-state index contributed by atoms with van der Waals surface area (Å²) < 4.78 is 6.55. The number of hydrogen-bond donors (Lipinski definition) is 1. The fraction of sp³-hybridized carbons (Fsp3) is 0.296. The molecule has 30 heavy (non-hydrogen) atoms. The predicted molar refractivity (Wildman–Crippen MR) is 121 cm³/mol. The first-order valence-electron chi connectivity index (χ1n) is 10.7. The van der Waals surface area contributed by atoms with E-state index in [2.05, 4.69) is 60.8 Å². The maximum absolute atomic E-state index is 9.43. The van der Waals surface area contributed by atoms with Crippen molar-refractivity contribution in [2.45, 2.75) is 31.3 Å². The van der Waals surface area contributed by atoms with Crippen LogP contribution in [0.5, 0.6) is 0 Å². The van der Waals surface area contributed by atoms with Crippen molar-refractivity contribution in [2.24, 2.45) is 0 Å². The molecule has 0 radical (unpaired) electrons. The van der Waals surface area contributed by atoms with Crippen LogP contribution in [0.3, 0.4) is 0 Å². The van der Waals surface area contributed by atoms with Gasteiger partial charge in [-0.2, -0.15) is 5.26 Å². The third kappa shape index (κ3) is 4.31. The Morgan fingerprint density at radius 1 is 0.967 bits per heavy atom. The second-order valence-electron chi connectivity index (χ2n) is 8.13. The Hall–Kier alpha value is -2.93. The number of benzene rings is 3. The average molecular weight is 397 g/mol. The van der Waals surface area contributed by atoms with Crippen LogP contribution in [-0.2, 0) is 10.2 Å². The van der Waals surface area contributed by atoms with Gasteiger partial charge in [0.05, 0.1) is 24.3 Å². The van der Waals surface area contributed by atoms with E-state index in [0.29, 0.717) is 12.2 Å². The first kappa shape index (κ1) is 20.3. The van der Waals surface area contributed by atoms with E-state index in [-0.39, 0.29) is 11.5 Å². The van der Waals surface area contributed by atoms with Crippen LogP contribution in [0.25, 0.3) is 11.1 Å². The molecule has 152 valence electrons. The average Bonchev–Trinajstić information content (AvgIpc) is 2.84. The van der Waals surface area contributed by atoms with Gasteiger partial charge in [0.15, 0.2) is 0 Å². The lowest BCUT2D eigenvalue weighted by atomic mass is 9.74. The maximum atomic E-state index is 9.43. The molecule has 1 saturated heterocycles. The fourth-order valence-corrected chi connectivity index (χ4v) is 4.44. The smallest absolute Gasteiger partial charge is 0.0991 e. The van der Waals surface area contributed by atoms with Gasteiger partial charge in [-0.1, -0.05) is 66.7 Å². The van der Waals surface area contributed by atoms with E-state index in [1.165, 1.54) is 5.56 Å². The monoisotopic (exact) mass is 396 g/mol. The minimum atomic E-state index is -0.107. The summed E-state index contributed by atoms with van der Waals surface area (Å²) in [5.74, 6) is 0. The molecular formula is C27H28N2O. The predicted octanol–water partition coefficient (Wildman–Crippen LogP) is 5.62. The Labute approximate surface area is 179 Å². The van der Waals surface area contributed by atoms with Crippen molar-refractivity contribution in [3.63, 3.8) is 0 Å². The third-order valence-corrected chi connectivity index (χ3v) is 6.26. The molecule has 0 bridgehead atoms. The van der Waals surface area contributed by atoms with Crippen LogP contribution < -0.4 is 5.32 Å². The maximum Gasteiger partial charge on any atom is 0.0991 e. The van der Waals surface area contributed by atoms with Gasteiger partial charge in [0.2, 0.25) is 0 Å². The fourth-order valence-electron chi connectivity index (χ4n) is 4.44. The molecular weight excluding hydrogens is 368 g/mol. The summed E-state index contributed by atoms with van der Waals surface area (Å²) in [6.07, 6.45) is 2.02. The van der Waals surface area contributed by atoms with Gasteiger partial charge in [-0.15, -0.1) is 0 Å². The van der Waals surface area contributed by atoms with Crippen molar-refractivity contribution in [2.75, 3.05) is 19.7 Å². The highest BCUT2D eigenvalue weighted by Gasteiger charge is 2.34. The normalized spacial score (nSPS) is 16.5. The van der Waals surface area contributed by atoms with Gasteiger partial charge in [-0.05, 0) is 67.2 Å². The number of ether oxygens (including phenoxy) is 1. The first-order valence-corrected chi connectivity index (χ1v) is 10.7. The minimum Gasteiger partial charge on any atom is -0.373 e. The summed E-state index contributed by atoms with van der Waals surface area (Å²) in [5.41, 5.74) is 5.39. The summed E-state index contributed by atoms with van der Waals surface area (Å²) >= 11 is 0. The molecule has 0 aliphatic carbocycles. The van der Waals surface area contributed by atoms with Crippen molar-refractivity contribution in [3.8, 4) is 17.2 Å². The molecule has 1 aliphatic heterocycles. The number of rotatable bonds is 6. The molecule has 0 saturated carbocycles. The number of nitriles is 1. The van der Waals surface area contributed by atoms with Crippen molar-refractivity contribution in [1.82, 2.24) is 5.32 Å². The zero-order valence-corrected chi connectivity index (χ0v) is 17.5. The number of hydrogen-bond acceptors (Lipinski definition) is 3. The third-order valence-electron chi connectivity index (χ3n) is 6.26. The molecule has 1 aliphatic rings. The molecule has 0 amide bonds. The van der Waals surface area contributed by atoms with Crippen molar-refractivity contribution in [3.05, 3.63) is 95.6 Å². The molecule has 0 spiro atoms. The van der Waals surface area contributed by atoms with Crippen LogP contribution in [0.1, 0.15) is 42.6 Å². The summed E-state index contributed by atoms with van der Waals surface area (Å²) in [6, 6.07) is 29.3. The van der Waals surface area contributed by atoms with Crippen LogP contribution in [0.4, 0.5) is 0 Å². The van der Waals surface area contributed by atoms with Crippen LogP contribution in [-0.4, -0.2) is 19.7 Å². The van der Waals surface area contributed by atoms with Crippen molar-refractivity contribution >= 4 is 0 Å². The highest BCUT2D eigenvalue weighted by Crippen LogP contribution is 2.37. The lowest BCUT2D eigenvalue weighted by Crippen LogP contribution is -2.43. The number of nitrogens with one attached hydrogen (secondary N) is 1. The molecule has 0 aromatic heterocycles. The highest BCUT2D eigenvalue weighted by atomic mass is 16.5. The summed E-state index contributed by atoms with van der Waals surface area (Å²) in [6.45, 7) is 4.78. The van der Waals surface area contributed by atoms with E-state index in [4.69, 9.17) is 4.74 Å². The summed E-state index contributed by atoms with van der Waals surface area (Å²) in [4.78, 5) is 0. The topological polar surface area (TPSA) is 45.0 Å². The molecule has 1 unspecified atom stereocenters. The van der Waals surface area contributed by atoms with Crippen LogP contribution in [0, 0.1) is 11.3 Å². The summed E-state index contributed by atoms with van der Waals surface area (Å²) in [5, 5.41) is 12.9. The Morgan fingerprint density at radius 3 is 2.30 bits per heavy atom. The Kier molecular flexibility index (Phi) is 6.28. The zero-order chi connectivity index (χ0) is 20.8. The van der Waals surface area contributed by atoms with Crippen molar-refractivity contribution < 1.29 is 4.74 Å². The van der Waals surface area contributed by atoms with Crippen LogP contribution in [0.2, 0.25) is 0 Å². The largest absolute Gasteiger partial charge is 0.373 e. The number of nitrogens with zero attached hydrogens (tertiary/aromatic N) is 1. The lowest BCUT2D eigenvalue weighted by Gasteiger charge is -2.39. The molecule has 3 heteroatoms. The Balaban J connectivity index is 1.62. The first-order chi connectivity index (χ1) is 14.7. The molecule has 4 rings (SSSR count). The minimum absolute atomic E-state index is 0.0283. The van der Waals surface area contributed by atoms with Crippen LogP contribution in [0.15, 0.2) is 78.9 Å². The quantitative estimate of drug-likeness (QED) is 0.588. The van der Waals surface area contributed by atoms with Gasteiger partial charge < -0.3 is 10.1 Å². The van der Waals surface area contributed by atoms with Crippen LogP contribution >= 0.6 is 0 Å². The standard InChI is InChI=1S/C27H28N2O/c1-21(26-18-22(19-28)12-13-25(26)23-8-4-2-5-9-23)30-20-27(14-16-29-17-15-27)24-10-6-3-7-11-24/h2-13,18,21,29H,14-17,20H2,1H3. The second kappa shape index (κ2) is 9.26. The van der Waals surface area contributed by atoms with E-state index < -0.39 is 0 Å². The molecule has 1 atom stereocenters. The van der Waals surface area contributed by atoms with Gasteiger partial charge in [0, 0.05) is 5.41 Å². The molecule has 3 aromatic rings. The molecule has 1 heterocycles. The van der Waals surface area contributed by atoms with E-state index in [9.17, 15) is 5.26 Å². The Bertz CT molecular complexity index is 1000. The van der Waals surface area contributed by atoms with E-state index >= 15 is 0 Å². The Morgan fingerprint density at radius 2 is 1.63 bits per heavy atom. The van der Waals surface area contributed by atoms with Crippen molar-refractivity contribution in [1.29, 1.82) is 5.26 Å². The lowest BCUT2D eigenvalue weighted by molar-refractivity contribution is 0.0169. The molecule has 3 nitrogen and oxygen atoms in total.